The maximum Gasteiger partial charge on any atom is 0.316 e. The Labute approximate surface area is 217 Å². The molecule has 10 nitrogen and oxygen atoms in total. The lowest BCUT2D eigenvalue weighted by atomic mass is 9.98. The first-order valence-corrected chi connectivity index (χ1v) is 12.4. The van der Waals surface area contributed by atoms with Gasteiger partial charge in [-0.25, -0.2) is 0 Å². The summed E-state index contributed by atoms with van der Waals surface area (Å²) in [6.45, 7) is 3.58. The zero-order valence-electron chi connectivity index (χ0n) is 20.2. The molecular formula is C26H24N6O4S. The molecule has 2 aromatic heterocycles. The minimum Gasteiger partial charge on any atom is -0.465 e. The minimum absolute atomic E-state index is 0.00362. The number of nitrogen functional groups attached to an aromatic ring is 1. The Bertz CT molecular complexity index is 1440. The molecule has 3 N–H and O–H groups in total. The van der Waals surface area contributed by atoms with Crippen molar-refractivity contribution in [2.45, 2.75) is 25.0 Å². The second-order valence-corrected chi connectivity index (χ2v) is 8.77. The number of carbonyl (C=O) groups excluding carboxylic acids is 2. The zero-order valence-corrected chi connectivity index (χ0v) is 21.0. The number of nitrogens with one attached hydrogen (secondary N) is 1. The van der Waals surface area contributed by atoms with Crippen LogP contribution in [0.1, 0.15) is 25.5 Å². The highest BCUT2D eigenvalue weighted by Gasteiger charge is 2.28. The van der Waals surface area contributed by atoms with E-state index in [2.05, 4.69) is 21.6 Å². The summed E-state index contributed by atoms with van der Waals surface area (Å²) in [6.07, 6.45) is 0. The van der Waals surface area contributed by atoms with Gasteiger partial charge in [0.05, 0.1) is 12.4 Å². The fourth-order valence-electron chi connectivity index (χ4n) is 3.71. The van der Waals surface area contributed by atoms with Crippen LogP contribution < -0.4 is 11.1 Å². The van der Waals surface area contributed by atoms with E-state index in [1.165, 1.54) is 4.57 Å². The van der Waals surface area contributed by atoms with Gasteiger partial charge < -0.3 is 14.9 Å². The third kappa shape index (κ3) is 5.49. The molecule has 0 saturated heterocycles. The van der Waals surface area contributed by atoms with Crippen LogP contribution in [0, 0.1) is 11.3 Å². The Morgan fingerprint density at radius 1 is 1.14 bits per heavy atom. The largest absolute Gasteiger partial charge is 0.465 e. The number of nitriles is 1. The number of esters is 1. The van der Waals surface area contributed by atoms with Crippen molar-refractivity contribution >= 4 is 35.5 Å². The Hall–Kier alpha value is -4.56. The quantitative estimate of drug-likeness (QED) is 0.242. The predicted octanol–water partition coefficient (Wildman–Crippen LogP) is 4.51. The Morgan fingerprint density at radius 2 is 1.78 bits per heavy atom. The lowest BCUT2D eigenvalue weighted by molar-refractivity contribution is -0.139. The molecule has 0 saturated carbocycles. The zero-order chi connectivity index (χ0) is 26.4. The highest BCUT2D eigenvalue weighted by molar-refractivity contribution is 7.99. The molecule has 0 fully saturated rings. The smallest absolute Gasteiger partial charge is 0.316 e. The van der Waals surface area contributed by atoms with Crippen molar-refractivity contribution in [1.29, 1.82) is 5.26 Å². The molecule has 188 valence electrons. The van der Waals surface area contributed by atoms with Gasteiger partial charge in [-0.15, -0.1) is 10.2 Å². The van der Waals surface area contributed by atoms with Crippen molar-refractivity contribution in [3.8, 4) is 28.5 Å². The number of hydrogen-bond acceptors (Lipinski definition) is 9. The van der Waals surface area contributed by atoms with Crippen molar-refractivity contribution < 1.29 is 18.7 Å². The number of hydrogen-bond donors (Lipinski definition) is 2. The molecule has 1 amide bonds. The maximum atomic E-state index is 13.3. The Morgan fingerprint density at radius 3 is 2.41 bits per heavy atom. The van der Waals surface area contributed by atoms with E-state index in [0.29, 0.717) is 11.3 Å². The summed E-state index contributed by atoms with van der Waals surface area (Å²) >= 11 is 1.06. The first-order chi connectivity index (χ1) is 17.9. The SMILES string of the molecule is CCOC(=O)CSc1nnc(N)n1C(C)C(=O)Nc1oc(-c2ccccc2)c(-c2ccccc2)c1C#N. The molecule has 4 aromatic rings. The lowest BCUT2D eigenvalue weighted by Gasteiger charge is -2.15. The number of benzene rings is 2. The fourth-order valence-corrected chi connectivity index (χ4v) is 4.53. The summed E-state index contributed by atoms with van der Waals surface area (Å²) in [7, 11) is 0. The van der Waals surface area contributed by atoms with E-state index >= 15 is 0 Å². The van der Waals surface area contributed by atoms with Crippen LogP contribution >= 0.6 is 11.8 Å². The average molecular weight is 517 g/mol. The summed E-state index contributed by atoms with van der Waals surface area (Å²) in [5, 5.41) is 20.9. The van der Waals surface area contributed by atoms with Crippen LogP contribution in [0.15, 0.2) is 70.2 Å². The molecular weight excluding hydrogens is 492 g/mol. The summed E-state index contributed by atoms with van der Waals surface area (Å²) in [4.78, 5) is 25.1. The van der Waals surface area contributed by atoms with Gasteiger partial charge in [0.15, 0.2) is 5.16 Å². The summed E-state index contributed by atoms with van der Waals surface area (Å²) < 4.78 is 12.4. The van der Waals surface area contributed by atoms with Crippen LogP contribution in [0.3, 0.4) is 0 Å². The average Bonchev–Trinajstić information content (AvgIpc) is 3.47. The van der Waals surface area contributed by atoms with Gasteiger partial charge >= 0.3 is 5.97 Å². The second-order valence-electron chi connectivity index (χ2n) is 7.82. The van der Waals surface area contributed by atoms with Gasteiger partial charge in [0.2, 0.25) is 17.7 Å². The number of carbonyl (C=O) groups is 2. The van der Waals surface area contributed by atoms with Crippen molar-refractivity contribution in [2.24, 2.45) is 0 Å². The van der Waals surface area contributed by atoms with Crippen LogP contribution in [-0.4, -0.2) is 39.0 Å². The van der Waals surface area contributed by atoms with Crippen molar-refractivity contribution in [1.82, 2.24) is 14.8 Å². The number of ether oxygens (including phenoxy) is 1. The molecule has 4 rings (SSSR count). The topological polar surface area (TPSA) is 149 Å². The maximum absolute atomic E-state index is 13.3. The molecule has 0 bridgehead atoms. The fraction of sp³-hybridized carbons (Fsp3) is 0.192. The number of anilines is 2. The number of nitrogens with two attached hydrogens (primary N) is 1. The van der Waals surface area contributed by atoms with Gasteiger partial charge in [0.25, 0.3) is 0 Å². The van der Waals surface area contributed by atoms with E-state index in [4.69, 9.17) is 14.9 Å². The van der Waals surface area contributed by atoms with Gasteiger partial charge in [0, 0.05) is 11.1 Å². The number of rotatable bonds is 9. The second kappa shape index (κ2) is 11.5. The van der Waals surface area contributed by atoms with Gasteiger partial charge in [-0.1, -0.05) is 72.4 Å². The Balaban J connectivity index is 1.67. The van der Waals surface area contributed by atoms with Crippen LogP contribution in [0.2, 0.25) is 0 Å². The molecule has 1 atom stereocenters. The third-order valence-electron chi connectivity index (χ3n) is 5.44. The number of nitrogens with zero attached hydrogens (tertiary/aromatic N) is 4. The van der Waals surface area contributed by atoms with Gasteiger partial charge in [-0.2, -0.15) is 5.26 Å². The summed E-state index contributed by atoms with van der Waals surface area (Å²) in [5.41, 5.74) is 8.28. The van der Waals surface area contributed by atoms with E-state index in [1.54, 1.807) is 13.8 Å². The van der Waals surface area contributed by atoms with Crippen LogP contribution in [-0.2, 0) is 14.3 Å². The number of aromatic nitrogens is 3. The van der Waals surface area contributed by atoms with E-state index in [0.717, 1.165) is 22.9 Å². The van der Waals surface area contributed by atoms with Gasteiger partial charge in [-0.05, 0) is 19.4 Å². The standard InChI is InChI=1S/C26H24N6O4S/c1-3-35-20(33)15-37-26-31-30-25(28)32(26)16(2)23(34)29-24-19(14-27)21(17-10-6-4-7-11-17)22(36-24)18-12-8-5-9-13-18/h4-13,16H,3,15H2,1-2H3,(H2,28,30)(H,29,34). The molecule has 0 aliphatic carbocycles. The van der Waals surface area contributed by atoms with E-state index < -0.39 is 17.9 Å². The van der Waals surface area contributed by atoms with Crippen molar-refractivity contribution in [2.75, 3.05) is 23.4 Å². The first-order valence-electron chi connectivity index (χ1n) is 11.4. The summed E-state index contributed by atoms with van der Waals surface area (Å²) in [6, 6.07) is 20.0. The van der Waals surface area contributed by atoms with E-state index in [1.807, 2.05) is 60.7 Å². The lowest BCUT2D eigenvalue weighted by Crippen LogP contribution is -2.25. The molecule has 0 spiro atoms. The van der Waals surface area contributed by atoms with Gasteiger partial charge in [0.1, 0.15) is 23.4 Å². The third-order valence-corrected chi connectivity index (χ3v) is 6.35. The minimum atomic E-state index is -0.878. The summed E-state index contributed by atoms with van der Waals surface area (Å²) in [5.74, 6) is -0.463. The predicted molar refractivity (Wildman–Crippen MR) is 139 cm³/mol. The monoisotopic (exact) mass is 516 g/mol. The number of furan rings is 1. The molecule has 0 radical (unpaired) electrons. The van der Waals surface area contributed by atoms with Gasteiger partial charge in [-0.3, -0.25) is 19.5 Å². The first kappa shape index (κ1) is 25.5. The molecule has 1 unspecified atom stereocenters. The highest BCUT2D eigenvalue weighted by Crippen LogP contribution is 2.41. The van der Waals surface area contributed by atoms with Crippen LogP contribution in [0.25, 0.3) is 22.5 Å². The highest BCUT2D eigenvalue weighted by atomic mass is 32.2. The van der Waals surface area contributed by atoms with Crippen LogP contribution in [0.4, 0.5) is 11.8 Å². The molecule has 2 aromatic carbocycles. The van der Waals surface area contributed by atoms with E-state index in [-0.39, 0.29) is 34.9 Å². The molecule has 11 heteroatoms. The molecule has 2 heterocycles. The number of thioether (sulfide) groups is 1. The Kier molecular flexibility index (Phi) is 7.90. The molecule has 0 aliphatic heterocycles. The normalized spacial score (nSPS) is 11.5. The van der Waals surface area contributed by atoms with Crippen LogP contribution in [0.5, 0.6) is 0 Å². The molecule has 0 aliphatic rings. The van der Waals surface area contributed by atoms with E-state index in [9.17, 15) is 14.9 Å². The molecule has 37 heavy (non-hydrogen) atoms. The number of amides is 1. The van der Waals surface area contributed by atoms with Crippen molar-refractivity contribution in [3.63, 3.8) is 0 Å². The van der Waals surface area contributed by atoms with Crippen molar-refractivity contribution in [3.05, 3.63) is 66.2 Å².